The fourth-order valence-electron chi connectivity index (χ4n) is 1.75. The highest BCUT2D eigenvalue weighted by Crippen LogP contribution is 2.39. The van der Waals surface area contributed by atoms with Crippen LogP contribution in [0.3, 0.4) is 0 Å². The van der Waals surface area contributed by atoms with Crippen LogP contribution in [0.25, 0.3) is 0 Å². The van der Waals surface area contributed by atoms with Crippen molar-refractivity contribution in [1.82, 2.24) is 10.1 Å². The van der Waals surface area contributed by atoms with E-state index in [0.29, 0.717) is 5.92 Å². The molecule has 1 heterocycles. The van der Waals surface area contributed by atoms with Crippen molar-refractivity contribution in [2.45, 2.75) is 36.3 Å². The fourth-order valence-corrected chi connectivity index (χ4v) is 2.66. The summed E-state index contributed by atoms with van der Waals surface area (Å²) >= 11 is 1.69. The number of thioether (sulfide) groups is 1. The standard InChI is InChI=1S/C13H15N3OS/c1-8-10(14)3-2-4-11(8)18-7-12-15-13(17-16-12)9-5-6-9/h2-4,9H,5-7,14H2,1H3. The van der Waals surface area contributed by atoms with Crippen LogP contribution in [-0.4, -0.2) is 10.1 Å². The predicted octanol–water partition coefficient (Wildman–Crippen LogP) is 3.13. The van der Waals surface area contributed by atoms with Crippen LogP contribution in [0, 0.1) is 6.92 Å². The van der Waals surface area contributed by atoms with Crippen molar-refractivity contribution in [3.8, 4) is 0 Å². The van der Waals surface area contributed by atoms with Gasteiger partial charge in [-0.1, -0.05) is 11.2 Å². The molecular weight excluding hydrogens is 246 g/mol. The first-order valence-electron chi connectivity index (χ1n) is 6.04. The fraction of sp³-hybridized carbons (Fsp3) is 0.385. The molecule has 1 aromatic heterocycles. The van der Waals surface area contributed by atoms with Gasteiger partial charge in [-0.25, -0.2) is 0 Å². The van der Waals surface area contributed by atoms with Crippen molar-refractivity contribution in [3.63, 3.8) is 0 Å². The van der Waals surface area contributed by atoms with Gasteiger partial charge < -0.3 is 10.3 Å². The molecule has 1 fully saturated rings. The Bertz CT molecular complexity index is 563. The third-order valence-electron chi connectivity index (χ3n) is 3.09. The Hall–Kier alpha value is -1.49. The minimum Gasteiger partial charge on any atom is -0.398 e. The zero-order chi connectivity index (χ0) is 12.5. The quantitative estimate of drug-likeness (QED) is 0.676. The van der Waals surface area contributed by atoms with Gasteiger partial charge in [0.15, 0.2) is 5.82 Å². The maximum absolute atomic E-state index is 5.88. The zero-order valence-electron chi connectivity index (χ0n) is 10.2. The van der Waals surface area contributed by atoms with Gasteiger partial charge in [0.2, 0.25) is 5.89 Å². The van der Waals surface area contributed by atoms with E-state index in [1.807, 2.05) is 19.1 Å². The SMILES string of the molecule is Cc1c(N)cccc1SCc1noc(C2CC2)n1. The summed E-state index contributed by atoms with van der Waals surface area (Å²) in [6.07, 6.45) is 2.37. The molecule has 0 unspecified atom stereocenters. The molecule has 18 heavy (non-hydrogen) atoms. The number of hydrogen-bond donors (Lipinski definition) is 1. The molecule has 2 aromatic rings. The summed E-state index contributed by atoms with van der Waals surface area (Å²) in [5.74, 6) is 2.81. The Morgan fingerprint density at radius 2 is 2.28 bits per heavy atom. The Kier molecular flexibility index (Phi) is 2.99. The lowest BCUT2D eigenvalue weighted by atomic mass is 10.2. The van der Waals surface area contributed by atoms with Crippen LogP contribution < -0.4 is 5.73 Å². The molecule has 0 amide bonds. The second kappa shape index (κ2) is 4.65. The van der Waals surface area contributed by atoms with Crippen molar-refractivity contribution in [2.75, 3.05) is 5.73 Å². The number of benzene rings is 1. The highest BCUT2D eigenvalue weighted by Gasteiger charge is 2.29. The molecular formula is C13H15N3OS. The topological polar surface area (TPSA) is 64.9 Å². The Morgan fingerprint density at radius 3 is 3.06 bits per heavy atom. The van der Waals surface area contributed by atoms with E-state index in [2.05, 4.69) is 16.2 Å². The van der Waals surface area contributed by atoms with Crippen LogP contribution in [0.5, 0.6) is 0 Å². The largest absolute Gasteiger partial charge is 0.398 e. The van der Waals surface area contributed by atoms with Gasteiger partial charge in [-0.3, -0.25) is 0 Å². The first-order chi connectivity index (χ1) is 8.74. The molecule has 2 N–H and O–H groups in total. The van der Waals surface area contributed by atoms with Crippen LogP contribution in [0.15, 0.2) is 27.6 Å². The molecule has 5 heteroatoms. The highest BCUT2D eigenvalue weighted by atomic mass is 32.2. The molecule has 1 aromatic carbocycles. The van der Waals surface area contributed by atoms with Crippen molar-refractivity contribution < 1.29 is 4.52 Å². The summed E-state index contributed by atoms with van der Waals surface area (Å²) in [4.78, 5) is 5.58. The van der Waals surface area contributed by atoms with E-state index >= 15 is 0 Å². The molecule has 0 radical (unpaired) electrons. The van der Waals surface area contributed by atoms with Crippen molar-refractivity contribution in [2.24, 2.45) is 0 Å². The number of anilines is 1. The van der Waals surface area contributed by atoms with E-state index in [4.69, 9.17) is 10.3 Å². The lowest BCUT2D eigenvalue weighted by Gasteiger charge is -2.05. The van der Waals surface area contributed by atoms with Crippen molar-refractivity contribution in [1.29, 1.82) is 0 Å². The van der Waals surface area contributed by atoms with Gasteiger partial charge in [0.1, 0.15) is 0 Å². The molecule has 1 saturated carbocycles. The first kappa shape index (κ1) is 11.6. The lowest BCUT2D eigenvalue weighted by molar-refractivity contribution is 0.375. The Labute approximate surface area is 110 Å². The van der Waals surface area contributed by atoms with Crippen LogP contribution >= 0.6 is 11.8 Å². The minimum absolute atomic E-state index is 0.519. The second-order valence-electron chi connectivity index (χ2n) is 4.58. The maximum Gasteiger partial charge on any atom is 0.229 e. The van der Waals surface area contributed by atoms with Crippen LogP contribution in [0.2, 0.25) is 0 Å². The van der Waals surface area contributed by atoms with Gasteiger partial charge in [-0.15, -0.1) is 11.8 Å². The predicted molar refractivity (Wildman–Crippen MR) is 71.4 cm³/mol. The number of rotatable bonds is 4. The van der Waals surface area contributed by atoms with Crippen LogP contribution in [0.1, 0.15) is 36.0 Å². The third kappa shape index (κ3) is 2.36. The minimum atomic E-state index is 0.519. The summed E-state index contributed by atoms with van der Waals surface area (Å²) in [5, 5.41) is 4.01. The average molecular weight is 261 g/mol. The lowest BCUT2D eigenvalue weighted by Crippen LogP contribution is -1.92. The molecule has 0 bridgehead atoms. The van der Waals surface area contributed by atoms with E-state index < -0.39 is 0 Å². The second-order valence-corrected chi connectivity index (χ2v) is 5.60. The van der Waals surface area contributed by atoms with Gasteiger partial charge in [-0.05, 0) is 37.5 Å². The first-order valence-corrected chi connectivity index (χ1v) is 7.03. The summed E-state index contributed by atoms with van der Waals surface area (Å²) in [7, 11) is 0. The van der Waals surface area contributed by atoms with Gasteiger partial charge in [-0.2, -0.15) is 4.98 Å². The molecule has 94 valence electrons. The van der Waals surface area contributed by atoms with Gasteiger partial charge in [0.25, 0.3) is 0 Å². The highest BCUT2D eigenvalue weighted by molar-refractivity contribution is 7.98. The molecule has 0 atom stereocenters. The van der Waals surface area contributed by atoms with E-state index in [9.17, 15) is 0 Å². The Balaban J connectivity index is 1.67. The number of nitrogen functional groups attached to an aromatic ring is 1. The number of aromatic nitrogens is 2. The monoisotopic (exact) mass is 261 g/mol. The van der Waals surface area contributed by atoms with Crippen molar-refractivity contribution >= 4 is 17.4 Å². The van der Waals surface area contributed by atoms with Gasteiger partial charge in [0, 0.05) is 16.5 Å². The molecule has 4 nitrogen and oxygen atoms in total. The molecule has 1 aliphatic rings. The number of nitrogens with two attached hydrogens (primary N) is 1. The summed E-state index contributed by atoms with van der Waals surface area (Å²) in [5.41, 5.74) is 7.82. The summed E-state index contributed by atoms with van der Waals surface area (Å²) < 4.78 is 5.23. The third-order valence-corrected chi connectivity index (χ3v) is 4.25. The summed E-state index contributed by atoms with van der Waals surface area (Å²) in [6, 6.07) is 5.95. The van der Waals surface area contributed by atoms with Crippen LogP contribution in [-0.2, 0) is 5.75 Å². The van der Waals surface area contributed by atoms with Gasteiger partial charge >= 0.3 is 0 Å². The van der Waals surface area contributed by atoms with Crippen molar-refractivity contribution in [3.05, 3.63) is 35.5 Å². The average Bonchev–Trinajstić information content (AvgIpc) is 3.11. The molecule has 1 aliphatic carbocycles. The normalized spacial score (nSPS) is 14.9. The van der Waals surface area contributed by atoms with Crippen LogP contribution in [0.4, 0.5) is 5.69 Å². The van der Waals surface area contributed by atoms with E-state index in [1.165, 1.54) is 17.7 Å². The van der Waals surface area contributed by atoms with Gasteiger partial charge in [0.05, 0.1) is 5.75 Å². The molecule has 3 rings (SSSR count). The van der Waals surface area contributed by atoms with E-state index in [0.717, 1.165) is 28.7 Å². The maximum atomic E-state index is 5.88. The molecule has 0 saturated heterocycles. The molecule has 0 spiro atoms. The summed E-state index contributed by atoms with van der Waals surface area (Å²) in [6.45, 7) is 2.03. The Morgan fingerprint density at radius 1 is 1.44 bits per heavy atom. The number of nitrogens with zero attached hydrogens (tertiary/aromatic N) is 2. The number of hydrogen-bond acceptors (Lipinski definition) is 5. The molecule has 0 aliphatic heterocycles. The zero-order valence-corrected chi connectivity index (χ0v) is 11.0. The van der Waals surface area contributed by atoms with E-state index in [-0.39, 0.29) is 0 Å². The van der Waals surface area contributed by atoms with E-state index in [1.54, 1.807) is 11.8 Å². The smallest absolute Gasteiger partial charge is 0.229 e.